The molecule has 3 unspecified atom stereocenters. The monoisotopic (exact) mass is 790 g/mol. The fourth-order valence-electron chi connectivity index (χ4n) is 8.19. The summed E-state index contributed by atoms with van der Waals surface area (Å²) in [4.78, 5) is 67.1. The summed E-state index contributed by atoms with van der Waals surface area (Å²) in [5.74, 6) is -0.166. The van der Waals surface area contributed by atoms with Gasteiger partial charge in [0.2, 0.25) is 0 Å². The Bertz CT molecular complexity index is 1480. The lowest BCUT2D eigenvalue weighted by Crippen LogP contribution is -2.54. The number of esters is 2. The molecule has 310 valence electrons. The Hall–Kier alpha value is -3.36. The molecular formula is C41H66N4O9S. The molecule has 1 saturated heterocycles. The van der Waals surface area contributed by atoms with E-state index < -0.39 is 28.4 Å². The van der Waals surface area contributed by atoms with Crippen molar-refractivity contribution in [1.82, 2.24) is 20.9 Å². The third-order valence-corrected chi connectivity index (χ3v) is 11.9. The normalized spacial score (nSPS) is 21.4. The smallest absolute Gasteiger partial charge is 0.407 e. The lowest BCUT2D eigenvalue weighted by molar-refractivity contribution is -0.161. The first-order chi connectivity index (χ1) is 25.6. The number of rotatable bonds is 18. The number of urea groups is 1. The first-order valence-electron chi connectivity index (χ1n) is 19.5. The number of methoxy groups -OCH3 is 1. The number of hydrogen-bond donors (Lipinski definition) is 3. The summed E-state index contributed by atoms with van der Waals surface area (Å²) >= 11 is 1.56. The lowest BCUT2D eigenvalue weighted by atomic mass is 9.62. The summed E-state index contributed by atoms with van der Waals surface area (Å²) in [7, 11) is 1.34. The van der Waals surface area contributed by atoms with Crippen LogP contribution >= 0.6 is 11.8 Å². The number of nitrogens with one attached hydrogen (secondary N) is 3. The molecule has 3 N–H and O–H groups in total. The van der Waals surface area contributed by atoms with E-state index in [0.29, 0.717) is 43.9 Å². The fourth-order valence-corrected chi connectivity index (χ4v) is 8.92. The van der Waals surface area contributed by atoms with E-state index >= 15 is 0 Å². The van der Waals surface area contributed by atoms with Gasteiger partial charge in [0, 0.05) is 41.9 Å². The van der Waals surface area contributed by atoms with E-state index in [1.165, 1.54) is 7.11 Å². The first-order valence-corrected chi connectivity index (χ1v) is 20.4. The zero-order valence-corrected chi connectivity index (χ0v) is 35.6. The number of hydrogen-bond acceptors (Lipinski definition) is 11. The van der Waals surface area contributed by atoms with Gasteiger partial charge in [-0.25, -0.2) is 9.59 Å². The third kappa shape index (κ3) is 13.7. The third-order valence-electron chi connectivity index (χ3n) is 11.0. The average molecular weight is 791 g/mol. The summed E-state index contributed by atoms with van der Waals surface area (Å²) in [6.07, 6.45) is 2.63. The highest BCUT2D eigenvalue weighted by Crippen LogP contribution is 2.46. The van der Waals surface area contributed by atoms with Crippen molar-refractivity contribution in [3.05, 3.63) is 29.8 Å². The Kier molecular flexibility index (Phi) is 16.5. The van der Waals surface area contributed by atoms with Crippen LogP contribution in [0, 0.1) is 21.7 Å². The number of alkyl carbamates (subject to hydrolysis) is 1. The van der Waals surface area contributed by atoms with Gasteiger partial charge in [0.1, 0.15) is 13.2 Å². The quantitative estimate of drug-likeness (QED) is 0.0508. The molecule has 0 aromatic heterocycles. The highest BCUT2D eigenvalue weighted by molar-refractivity contribution is 7.99. The number of Topliss-reactive ketones (excluding diaryl/α,β-unsaturated/α-hetero) is 1. The molecule has 13 nitrogen and oxygen atoms in total. The van der Waals surface area contributed by atoms with E-state index in [0.717, 1.165) is 30.8 Å². The van der Waals surface area contributed by atoms with Crippen molar-refractivity contribution in [2.24, 2.45) is 21.7 Å². The van der Waals surface area contributed by atoms with Crippen molar-refractivity contribution in [2.45, 2.75) is 111 Å². The van der Waals surface area contributed by atoms with E-state index in [9.17, 15) is 24.0 Å². The Morgan fingerprint density at radius 2 is 1.56 bits per heavy atom. The van der Waals surface area contributed by atoms with Gasteiger partial charge in [-0.1, -0.05) is 39.8 Å². The van der Waals surface area contributed by atoms with Gasteiger partial charge in [-0.15, -0.1) is 11.8 Å². The van der Waals surface area contributed by atoms with Crippen molar-refractivity contribution in [3.8, 4) is 0 Å². The number of benzene rings is 1. The van der Waals surface area contributed by atoms with Crippen LogP contribution in [-0.4, -0.2) is 112 Å². The largest absolute Gasteiger partial charge is 0.469 e. The fraction of sp³-hybridized carbons (Fsp3) is 0.732. The highest BCUT2D eigenvalue weighted by atomic mass is 32.2. The molecule has 0 bridgehead atoms. The van der Waals surface area contributed by atoms with Crippen LogP contribution in [0.3, 0.4) is 0 Å². The number of ketones is 1. The number of morpholine rings is 1. The number of carbonyl (C=O) groups excluding carboxylic acids is 5. The van der Waals surface area contributed by atoms with Crippen LogP contribution in [0.25, 0.3) is 0 Å². The molecule has 0 radical (unpaired) electrons. The first kappa shape index (κ1) is 46.0. The molecule has 2 fully saturated rings. The maximum atomic E-state index is 13.3. The van der Waals surface area contributed by atoms with E-state index in [1.54, 1.807) is 32.5 Å². The van der Waals surface area contributed by atoms with Crippen LogP contribution < -0.4 is 16.0 Å². The predicted molar refractivity (Wildman–Crippen MR) is 213 cm³/mol. The van der Waals surface area contributed by atoms with Crippen LogP contribution in [0.1, 0.15) is 105 Å². The second-order valence-corrected chi connectivity index (χ2v) is 18.8. The topological polar surface area (TPSA) is 162 Å². The molecule has 1 aromatic rings. The van der Waals surface area contributed by atoms with Crippen molar-refractivity contribution in [1.29, 1.82) is 0 Å². The molecule has 1 aromatic carbocycles. The maximum absolute atomic E-state index is 13.3. The van der Waals surface area contributed by atoms with Gasteiger partial charge in [0.15, 0.2) is 5.78 Å². The molecular weight excluding hydrogens is 725 g/mol. The molecule has 3 atom stereocenters. The molecule has 3 amide bonds. The van der Waals surface area contributed by atoms with Gasteiger partial charge in [0.05, 0.1) is 43.2 Å². The predicted octanol–water partition coefficient (Wildman–Crippen LogP) is 6.23. The Balaban J connectivity index is 1.38. The molecule has 3 rings (SSSR count). The maximum Gasteiger partial charge on any atom is 0.407 e. The summed E-state index contributed by atoms with van der Waals surface area (Å²) < 4.78 is 21.4. The van der Waals surface area contributed by atoms with Gasteiger partial charge < -0.3 is 34.9 Å². The number of carbonyl (C=O) groups is 5. The van der Waals surface area contributed by atoms with Crippen molar-refractivity contribution >= 4 is 41.6 Å². The molecule has 1 saturated carbocycles. The molecule has 1 heterocycles. The highest BCUT2D eigenvalue weighted by Gasteiger charge is 2.44. The molecule has 1 aliphatic carbocycles. The zero-order chi connectivity index (χ0) is 41.1. The van der Waals surface area contributed by atoms with E-state index in [2.05, 4.69) is 41.6 Å². The van der Waals surface area contributed by atoms with Crippen LogP contribution in [-0.2, 0) is 28.5 Å². The van der Waals surface area contributed by atoms with E-state index in [1.807, 2.05) is 45.0 Å². The van der Waals surface area contributed by atoms with Crippen LogP contribution in [0.5, 0.6) is 0 Å². The number of amides is 3. The van der Waals surface area contributed by atoms with Gasteiger partial charge in [-0.3, -0.25) is 19.3 Å². The molecule has 14 heteroatoms. The van der Waals surface area contributed by atoms with Gasteiger partial charge in [-0.2, -0.15) is 0 Å². The Labute approximate surface area is 332 Å². The molecule has 0 spiro atoms. The average Bonchev–Trinajstić information content (AvgIpc) is 3.13. The molecule has 2 aliphatic rings. The second kappa shape index (κ2) is 19.7. The number of nitrogens with zero attached hydrogens (tertiary/aromatic N) is 1. The summed E-state index contributed by atoms with van der Waals surface area (Å²) in [5, 5.41) is 8.75. The van der Waals surface area contributed by atoms with Crippen molar-refractivity contribution in [2.75, 3.05) is 65.5 Å². The van der Waals surface area contributed by atoms with Gasteiger partial charge >= 0.3 is 24.1 Å². The minimum atomic E-state index is -0.919. The summed E-state index contributed by atoms with van der Waals surface area (Å²) in [6, 6.07) is 7.09. The Morgan fingerprint density at radius 1 is 0.909 bits per heavy atom. The number of thioether (sulfide) groups is 1. The summed E-state index contributed by atoms with van der Waals surface area (Å²) in [5.41, 5.74) is -2.03. The van der Waals surface area contributed by atoms with Crippen LogP contribution in [0.2, 0.25) is 0 Å². The standard InChI is InChI=1S/C41H66N4O9S/c1-11-41(9,34(48)51-10)27-38(4,5)33(47)53-19-16-42-35(49)43-28-40(8)25-30(24-37(2,3)26-40)44-36(50)54-22-23-55-31-14-12-29(13-15-31)32(46)39(6,7)45-17-20-52-21-18-45/h12-15,30H,11,16-28H2,1-10H3,(H,44,50)(H2,42,43,49). The minimum absolute atomic E-state index is 0.00479. The van der Waals surface area contributed by atoms with Crippen molar-refractivity contribution in [3.63, 3.8) is 0 Å². The summed E-state index contributed by atoms with van der Waals surface area (Å²) in [6.45, 7) is 21.0. The lowest BCUT2D eigenvalue weighted by Gasteiger charge is -2.46. The zero-order valence-electron chi connectivity index (χ0n) is 34.8. The van der Waals surface area contributed by atoms with Crippen LogP contribution in [0.15, 0.2) is 29.2 Å². The second-order valence-electron chi connectivity index (χ2n) is 17.6. The molecule has 1 aliphatic heterocycles. The Morgan fingerprint density at radius 3 is 2.18 bits per heavy atom. The van der Waals surface area contributed by atoms with Gasteiger partial charge in [0.25, 0.3) is 0 Å². The minimum Gasteiger partial charge on any atom is -0.469 e. The SMILES string of the molecule is CCC(C)(CC(C)(C)C(=O)OCCNC(=O)NCC1(C)CC(NC(=O)OCCSc2ccc(C(=O)C(C)(C)N3CCOCC3)cc2)CC(C)(C)C1)C(=O)OC. The number of ether oxygens (including phenoxy) is 4. The van der Waals surface area contributed by atoms with E-state index in [-0.39, 0.29) is 60.8 Å². The van der Waals surface area contributed by atoms with Gasteiger partial charge in [-0.05, 0) is 89.7 Å². The molecule has 55 heavy (non-hydrogen) atoms. The van der Waals surface area contributed by atoms with Crippen molar-refractivity contribution < 1.29 is 42.9 Å². The van der Waals surface area contributed by atoms with E-state index in [4.69, 9.17) is 18.9 Å². The van der Waals surface area contributed by atoms with Crippen LogP contribution in [0.4, 0.5) is 9.59 Å².